The number of aryl methyl sites for hydroxylation is 1. The zero-order chi connectivity index (χ0) is 22.6. The monoisotopic (exact) mass is 430 g/mol. The van der Waals surface area contributed by atoms with Crippen LogP contribution in [0.1, 0.15) is 45.4 Å². The fourth-order valence-corrected chi connectivity index (χ4v) is 2.86. The molecule has 31 heavy (non-hydrogen) atoms. The van der Waals surface area contributed by atoms with E-state index in [-0.39, 0.29) is 24.8 Å². The van der Waals surface area contributed by atoms with Crippen molar-refractivity contribution in [2.75, 3.05) is 23.9 Å². The van der Waals surface area contributed by atoms with Gasteiger partial charge in [0.25, 0.3) is 0 Å². The number of carbonyl (C=O) groups is 2. The van der Waals surface area contributed by atoms with E-state index in [1.807, 2.05) is 25.1 Å². The van der Waals surface area contributed by atoms with Crippen molar-refractivity contribution in [3.63, 3.8) is 0 Å². The quantitative estimate of drug-likeness (QED) is 0.189. The second-order valence-electron chi connectivity index (χ2n) is 7.01. The van der Waals surface area contributed by atoms with Gasteiger partial charge in [0, 0.05) is 19.7 Å². The molecule has 0 saturated carbocycles. The number of hydrazine groups is 1. The molecule has 0 radical (unpaired) electrons. The average Bonchev–Trinajstić information content (AvgIpc) is 2.81. The fraction of sp³-hybridized carbons (Fsp3) is 0.500. The van der Waals surface area contributed by atoms with Gasteiger partial charge in [-0.2, -0.15) is 15.0 Å². The molecule has 0 saturated heterocycles. The number of rotatable bonds is 13. The Bertz CT molecular complexity index is 836. The van der Waals surface area contributed by atoms with E-state index in [2.05, 4.69) is 37.7 Å². The second kappa shape index (κ2) is 12.4. The highest BCUT2D eigenvalue weighted by atomic mass is 16.5. The third-order valence-electron chi connectivity index (χ3n) is 4.63. The summed E-state index contributed by atoms with van der Waals surface area (Å²) in [5, 5.41) is 9.99. The molecule has 2 amide bonds. The van der Waals surface area contributed by atoms with E-state index in [4.69, 9.17) is 0 Å². The van der Waals surface area contributed by atoms with Crippen LogP contribution in [0.25, 0.3) is 0 Å². The van der Waals surface area contributed by atoms with Crippen molar-refractivity contribution in [2.24, 2.45) is 5.92 Å². The Morgan fingerprint density at radius 2 is 2.03 bits per heavy atom. The lowest BCUT2D eigenvalue weighted by atomic mass is 10.0. The molecule has 2 aromatic heterocycles. The molecule has 11 nitrogen and oxygen atoms in total. The summed E-state index contributed by atoms with van der Waals surface area (Å²) in [5.41, 5.74) is 5.31. The predicted molar refractivity (Wildman–Crippen MR) is 115 cm³/mol. The maximum absolute atomic E-state index is 12.6. The van der Waals surface area contributed by atoms with E-state index in [9.17, 15) is 14.8 Å². The number of hydroxylamine groups is 2. The highest BCUT2D eigenvalue weighted by molar-refractivity contribution is 5.80. The fourth-order valence-electron chi connectivity index (χ4n) is 2.86. The smallest absolute Gasteiger partial charge is 0.246 e. The van der Waals surface area contributed by atoms with E-state index >= 15 is 0 Å². The molecule has 0 aliphatic heterocycles. The Morgan fingerprint density at radius 1 is 1.23 bits per heavy atom. The van der Waals surface area contributed by atoms with Gasteiger partial charge in [0.1, 0.15) is 11.6 Å². The van der Waals surface area contributed by atoms with Crippen molar-refractivity contribution < 1.29 is 14.8 Å². The number of hydrogen-bond acceptors (Lipinski definition) is 9. The maximum atomic E-state index is 12.6. The first-order valence-electron chi connectivity index (χ1n) is 10.3. The molecule has 0 unspecified atom stereocenters. The van der Waals surface area contributed by atoms with E-state index in [0.717, 1.165) is 19.3 Å². The lowest BCUT2D eigenvalue weighted by Gasteiger charge is -2.20. The summed E-state index contributed by atoms with van der Waals surface area (Å²) in [4.78, 5) is 42.5. The molecule has 168 valence electrons. The van der Waals surface area contributed by atoms with E-state index < -0.39 is 5.92 Å². The van der Waals surface area contributed by atoms with Crippen LogP contribution >= 0.6 is 0 Å². The van der Waals surface area contributed by atoms with Gasteiger partial charge >= 0.3 is 0 Å². The average molecular weight is 431 g/mol. The van der Waals surface area contributed by atoms with E-state index in [1.165, 1.54) is 0 Å². The van der Waals surface area contributed by atoms with Crippen molar-refractivity contribution in [3.05, 3.63) is 30.2 Å². The molecule has 1 atom stereocenters. The number of pyridine rings is 1. The van der Waals surface area contributed by atoms with E-state index in [0.29, 0.717) is 35.5 Å². The van der Waals surface area contributed by atoms with Crippen LogP contribution in [0, 0.1) is 5.92 Å². The van der Waals surface area contributed by atoms with Gasteiger partial charge in [-0.1, -0.05) is 39.2 Å². The molecule has 3 N–H and O–H groups in total. The SMILES string of the molecule is CCCCC[C@H](CN(O)C=O)C(=O)NNc1nc(CC)nc(N(C)c2ccccn2)n1. The number of aromatic nitrogens is 4. The summed E-state index contributed by atoms with van der Waals surface area (Å²) in [6.45, 7) is 3.89. The third-order valence-corrected chi connectivity index (χ3v) is 4.63. The summed E-state index contributed by atoms with van der Waals surface area (Å²) in [7, 11) is 1.79. The number of carbonyl (C=O) groups excluding carboxylic acids is 2. The molecule has 2 aromatic rings. The van der Waals surface area contributed by atoms with Crippen molar-refractivity contribution in [1.29, 1.82) is 0 Å². The Kier molecular flexibility index (Phi) is 9.56. The summed E-state index contributed by atoms with van der Waals surface area (Å²) in [6.07, 6.45) is 5.85. The predicted octanol–water partition coefficient (Wildman–Crippen LogP) is 2.08. The molecule has 0 aromatic carbocycles. The Labute approximate surface area is 181 Å². The molecule has 2 heterocycles. The van der Waals surface area contributed by atoms with Gasteiger partial charge in [0.2, 0.25) is 24.2 Å². The van der Waals surface area contributed by atoms with Gasteiger partial charge in [-0.3, -0.25) is 30.5 Å². The molecular formula is C20H30N8O3. The van der Waals surface area contributed by atoms with Gasteiger partial charge < -0.3 is 0 Å². The first-order chi connectivity index (χ1) is 15.0. The Morgan fingerprint density at radius 3 is 2.68 bits per heavy atom. The molecular weight excluding hydrogens is 400 g/mol. The van der Waals surface area contributed by atoms with Crippen LogP contribution in [-0.4, -0.2) is 56.1 Å². The number of nitrogens with one attached hydrogen (secondary N) is 2. The van der Waals surface area contributed by atoms with Gasteiger partial charge in [-0.15, -0.1) is 0 Å². The molecule has 11 heteroatoms. The molecule has 0 aliphatic rings. The first-order valence-corrected chi connectivity index (χ1v) is 10.3. The van der Waals surface area contributed by atoms with Crippen LogP contribution in [0.15, 0.2) is 24.4 Å². The summed E-state index contributed by atoms with van der Waals surface area (Å²) >= 11 is 0. The zero-order valence-corrected chi connectivity index (χ0v) is 18.2. The topological polar surface area (TPSA) is 136 Å². The third kappa shape index (κ3) is 7.45. The normalized spacial score (nSPS) is 11.5. The summed E-state index contributed by atoms with van der Waals surface area (Å²) < 4.78 is 0. The standard InChI is InChI=1S/C20H30N8O3/c1-4-6-7-10-15(13-28(31)14-29)18(30)25-26-19-22-16(5-2)23-20(24-19)27(3)17-11-8-9-12-21-17/h8-9,11-12,14-15,31H,4-7,10,13H2,1-3H3,(H,25,30)(H,22,23,24,26)/t15-/m1/s1. The van der Waals surface area contributed by atoms with Gasteiger partial charge in [0.05, 0.1) is 12.5 Å². The molecule has 0 aliphatic carbocycles. The van der Waals surface area contributed by atoms with Crippen LogP contribution in [-0.2, 0) is 16.0 Å². The first kappa shape index (κ1) is 23.9. The minimum absolute atomic E-state index is 0.0915. The molecule has 2 rings (SSSR count). The largest absolute Gasteiger partial charge is 0.298 e. The molecule has 0 bridgehead atoms. The highest BCUT2D eigenvalue weighted by Crippen LogP contribution is 2.18. The number of nitrogens with zero attached hydrogens (tertiary/aromatic N) is 6. The lowest BCUT2D eigenvalue weighted by molar-refractivity contribution is -0.154. The molecule has 0 fully saturated rings. The second-order valence-corrected chi connectivity index (χ2v) is 7.01. The Balaban J connectivity index is 2.11. The van der Waals surface area contributed by atoms with Crippen molar-refractivity contribution in [2.45, 2.75) is 46.0 Å². The van der Waals surface area contributed by atoms with Gasteiger partial charge in [-0.25, -0.2) is 10.0 Å². The van der Waals surface area contributed by atoms with E-state index in [1.54, 1.807) is 18.1 Å². The Hall–Kier alpha value is -3.34. The molecule has 0 spiro atoms. The number of unbranched alkanes of at least 4 members (excludes halogenated alkanes) is 2. The van der Waals surface area contributed by atoms with Crippen LogP contribution in [0.2, 0.25) is 0 Å². The lowest BCUT2D eigenvalue weighted by Crippen LogP contribution is -2.40. The number of amides is 2. The van der Waals surface area contributed by atoms with Crippen LogP contribution in [0.3, 0.4) is 0 Å². The zero-order valence-electron chi connectivity index (χ0n) is 18.2. The van der Waals surface area contributed by atoms with Crippen molar-refractivity contribution in [1.82, 2.24) is 30.4 Å². The number of hydrogen-bond donors (Lipinski definition) is 3. The highest BCUT2D eigenvalue weighted by Gasteiger charge is 2.21. The van der Waals surface area contributed by atoms with Crippen LogP contribution in [0.5, 0.6) is 0 Å². The van der Waals surface area contributed by atoms with Crippen molar-refractivity contribution in [3.8, 4) is 0 Å². The summed E-state index contributed by atoms with van der Waals surface area (Å²) in [6, 6.07) is 5.52. The van der Waals surface area contributed by atoms with Crippen LogP contribution in [0.4, 0.5) is 17.7 Å². The van der Waals surface area contributed by atoms with Gasteiger partial charge in [-0.05, 0) is 18.6 Å². The minimum Gasteiger partial charge on any atom is -0.298 e. The van der Waals surface area contributed by atoms with Crippen molar-refractivity contribution >= 4 is 30.0 Å². The minimum atomic E-state index is -0.572. The van der Waals surface area contributed by atoms with Crippen LogP contribution < -0.4 is 15.8 Å². The number of anilines is 3. The van der Waals surface area contributed by atoms with Gasteiger partial charge in [0.15, 0.2) is 0 Å². The summed E-state index contributed by atoms with van der Waals surface area (Å²) in [5.74, 6) is 0.837. The maximum Gasteiger partial charge on any atom is 0.246 e.